The number of rotatable bonds is 3. The summed E-state index contributed by atoms with van der Waals surface area (Å²) in [6.45, 7) is 1.66. The summed E-state index contributed by atoms with van der Waals surface area (Å²) in [5.41, 5.74) is 6.28. The molecule has 1 rings (SSSR count). The van der Waals surface area contributed by atoms with Crippen LogP contribution in [0.2, 0.25) is 0 Å². The summed E-state index contributed by atoms with van der Waals surface area (Å²) in [6, 6.07) is 7.17. The monoisotopic (exact) mass is 210 g/mol. The molecule has 0 bridgehead atoms. The zero-order valence-corrected chi connectivity index (χ0v) is 9.10. The van der Waals surface area contributed by atoms with E-state index < -0.39 is 6.04 Å². The highest BCUT2D eigenvalue weighted by Gasteiger charge is 2.09. The lowest BCUT2D eigenvalue weighted by atomic mass is 10.3. The lowest BCUT2D eigenvalue weighted by Crippen LogP contribution is -2.32. The Balaban J connectivity index is 2.80. The topological polar surface area (TPSA) is 55.1 Å². The Hall–Kier alpha value is -1.00. The number of nitrogens with two attached hydrogens (primary N) is 1. The Morgan fingerprint density at radius 2 is 2.14 bits per heavy atom. The van der Waals surface area contributed by atoms with Crippen molar-refractivity contribution in [3.63, 3.8) is 0 Å². The minimum absolute atomic E-state index is 0.161. The van der Waals surface area contributed by atoms with Crippen molar-refractivity contribution in [3.8, 4) is 0 Å². The van der Waals surface area contributed by atoms with Crippen molar-refractivity contribution in [1.29, 1.82) is 0 Å². The van der Waals surface area contributed by atoms with Crippen molar-refractivity contribution in [2.75, 3.05) is 11.6 Å². The first kappa shape index (κ1) is 11.1. The summed E-state index contributed by atoms with van der Waals surface area (Å²) in [5.74, 6) is -0.161. The largest absolute Gasteiger partial charge is 0.324 e. The summed E-state index contributed by atoms with van der Waals surface area (Å²) in [4.78, 5) is 12.4. The molecule has 0 radical (unpaired) electrons. The summed E-state index contributed by atoms with van der Waals surface area (Å²) in [6.07, 6.45) is 1.97. The van der Waals surface area contributed by atoms with Gasteiger partial charge in [-0.15, -0.1) is 11.8 Å². The summed E-state index contributed by atoms with van der Waals surface area (Å²) in [5, 5.41) is 2.78. The second-order valence-corrected chi connectivity index (χ2v) is 3.83. The van der Waals surface area contributed by atoms with Gasteiger partial charge in [0.2, 0.25) is 5.91 Å². The van der Waals surface area contributed by atoms with Crippen LogP contribution in [0.15, 0.2) is 29.2 Å². The normalized spacial score (nSPS) is 12.2. The third-order valence-corrected chi connectivity index (χ3v) is 2.57. The molecule has 1 amide bonds. The van der Waals surface area contributed by atoms with Crippen molar-refractivity contribution in [1.82, 2.24) is 0 Å². The van der Waals surface area contributed by atoms with Crippen LogP contribution in [-0.2, 0) is 4.79 Å². The molecule has 0 unspecified atom stereocenters. The molecule has 0 heterocycles. The molecule has 0 aliphatic heterocycles. The van der Waals surface area contributed by atoms with Crippen molar-refractivity contribution >= 4 is 23.4 Å². The Morgan fingerprint density at radius 1 is 1.50 bits per heavy atom. The molecule has 4 heteroatoms. The van der Waals surface area contributed by atoms with Gasteiger partial charge in [0.15, 0.2) is 0 Å². The Kier molecular flexibility index (Phi) is 3.98. The quantitative estimate of drug-likeness (QED) is 0.746. The number of amides is 1. The smallest absolute Gasteiger partial charge is 0.241 e. The molecule has 0 aliphatic rings. The molecule has 3 nitrogen and oxygen atoms in total. The summed E-state index contributed by atoms with van der Waals surface area (Å²) in [7, 11) is 0. The lowest BCUT2D eigenvalue weighted by molar-refractivity contribution is -0.117. The van der Waals surface area contributed by atoms with Gasteiger partial charge in [-0.3, -0.25) is 4.79 Å². The molecule has 14 heavy (non-hydrogen) atoms. The van der Waals surface area contributed by atoms with Crippen molar-refractivity contribution in [2.45, 2.75) is 17.9 Å². The highest BCUT2D eigenvalue weighted by Crippen LogP contribution is 2.24. The van der Waals surface area contributed by atoms with Gasteiger partial charge in [-0.1, -0.05) is 12.1 Å². The predicted octanol–water partition coefficient (Wildman–Crippen LogP) is 1.69. The van der Waals surface area contributed by atoms with Crippen LogP contribution in [0.4, 0.5) is 5.69 Å². The summed E-state index contributed by atoms with van der Waals surface area (Å²) >= 11 is 1.59. The number of thioether (sulfide) groups is 1. The average molecular weight is 210 g/mol. The zero-order valence-electron chi connectivity index (χ0n) is 8.28. The first-order valence-electron chi connectivity index (χ1n) is 4.34. The average Bonchev–Trinajstić information content (AvgIpc) is 2.18. The summed E-state index contributed by atoms with van der Waals surface area (Å²) < 4.78 is 0. The van der Waals surface area contributed by atoms with E-state index in [0.717, 1.165) is 10.6 Å². The predicted molar refractivity (Wildman–Crippen MR) is 60.5 cm³/mol. The van der Waals surface area contributed by atoms with Gasteiger partial charge in [0.05, 0.1) is 11.7 Å². The highest BCUT2D eigenvalue weighted by atomic mass is 32.2. The minimum Gasteiger partial charge on any atom is -0.324 e. The van der Waals surface area contributed by atoms with Crippen LogP contribution in [0.1, 0.15) is 6.92 Å². The number of hydrogen-bond donors (Lipinski definition) is 2. The van der Waals surface area contributed by atoms with E-state index in [2.05, 4.69) is 5.32 Å². The molecule has 1 aromatic rings. The van der Waals surface area contributed by atoms with Crippen molar-refractivity contribution < 1.29 is 4.79 Å². The Labute approximate surface area is 88.1 Å². The Bertz CT molecular complexity index is 326. The fourth-order valence-corrected chi connectivity index (χ4v) is 1.55. The molecular weight excluding hydrogens is 196 g/mol. The zero-order chi connectivity index (χ0) is 10.6. The van der Waals surface area contributed by atoms with Crippen LogP contribution in [0, 0.1) is 0 Å². The van der Waals surface area contributed by atoms with Crippen LogP contribution in [0.25, 0.3) is 0 Å². The van der Waals surface area contributed by atoms with Gasteiger partial charge in [-0.25, -0.2) is 0 Å². The lowest BCUT2D eigenvalue weighted by Gasteiger charge is -2.10. The maximum Gasteiger partial charge on any atom is 0.241 e. The maximum atomic E-state index is 11.3. The molecule has 1 atom stereocenters. The number of benzene rings is 1. The Morgan fingerprint density at radius 3 is 2.71 bits per heavy atom. The molecule has 0 saturated heterocycles. The van der Waals surface area contributed by atoms with E-state index in [0.29, 0.717) is 0 Å². The molecule has 3 N–H and O–H groups in total. The van der Waals surface area contributed by atoms with Crippen LogP contribution in [0.3, 0.4) is 0 Å². The van der Waals surface area contributed by atoms with E-state index in [1.165, 1.54) is 0 Å². The van der Waals surface area contributed by atoms with Gasteiger partial charge in [0, 0.05) is 4.90 Å². The number of carbonyl (C=O) groups is 1. The van der Waals surface area contributed by atoms with E-state index in [4.69, 9.17) is 5.73 Å². The molecule has 0 saturated carbocycles. The molecule has 76 valence electrons. The van der Waals surface area contributed by atoms with E-state index in [-0.39, 0.29) is 5.91 Å². The van der Waals surface area contributed by atoms with E-state index >= 15 is 0 Å². The van der Waals surface area contributed by atoms with Gasteiger partial charge in [-0.05, 0) is 25.3 Å². The van der Waals surface area contributed by atoms with Gasteiger partial charge in [-0.2, -0.15) is 0 Å². The van der Waals surface area contributed by atoms with Crippen LogP contribution in [0.5, 0.6) is 0 Å². The van der Waals surface area contributed by atoms with E-state index in [9.17, 15) is 4.79 Å². The molecule has 1 aromatic carbocycles. The molecule has 0 aromatic heterocycles. The molecule has 0 fully saturated rings. The fraction of sp³-hybridized carbons (Fsp3) is 0.300. The minimum atomic E-state index is -0.482. The van der Waals surface area contributed by atoms with Gasteiger partial charge < -0.3 is 11.1 Å². The van der Waals surface area contributed by atoms with Crippen molar-refractivity contribution in [3.05, 3.63) is 24.3 Å². The van der Waals surface area contributed by atoms with Gasteiger partial charge in [0.1, 0.15) is 0 Å². The molecule has 0 aliphatic carbocycles. The third kappa shape index (κ3) is 2.75. The first-order valence-corrected chi connectivity index (χ1v) is 5.57. The number of nitrogens with one attached hydrogen (secondary N) is 1. The number of carbonyl (C=O) groups excluding carboxylic acids is 1. The standard InChI is InChI=1S/C10H14N2OS/c1-7(11)10(13)12-8-5-3-4-6-9(8)14-2/h3-7H,11H2,1-2H3,(H,12,13)/t7-/m1/s1. The number of para-hydroxylation sites is 1. The second-order valence-electron chi connectivity index (χ2n) is 2.98. The van der Waals surface area contributed by atoms with Crippen LogP contribution >= 0.6 is 11.8 Å². The first-order chi connectivity index (χ1) is 6.65. The maximum absolute atomic E-state index is 11.3. The van der Waals surface area contributed by atoms with E-state index in [1.54, 1.807) is 18.7 Å². The fourth-order valence-electron chi connectivity index (χ4n) is 0.994. The number of hydrogen-bond acceptors (Lipinski definition) is 3. The van der Waals surface area contributed by atoms with E-state index in [1.807, 2.05) is 30.5 Å². The third-order valence-electron chi connectivity index (χ3n) is 1.78. The molecular formula is C10H14N2OS. The highest BCUT2D eigenvalue weighted by molar-refractivity contribution is 7.98. The SMILES string of the molecule is CSc1ccccc1NC(=O)[C@@H](C)N. The number of anilines is 1. The van der Waals surface area contributed by atoms with Crippen LogP contribution < -0.4 is 11.1 Å². The van der Waals surface area contributed by atoms with Crippen LogP contribution in [-0.4, -0.2) is 18.2 Å². The van der Waals surface area contributed by atoms with Crippen molar-refractivity contribution in [2.24, 2.45) is 5.73 Å². The van der Waals surface area contributed by atoms with Gasteiger partial charge in [0.25, 0.3) is 0 Å². The molecule has 0 spiro atoms. The van der Waals surface area contributed by atoms with Gasteiger partial charge >= 0.3 is 0 Å². The second kappa shape index (κ2) is 5.02.